The number of aryl methyl sites for hydroxylation is 1. The van der Waals surface area contributed by atoms with Gasteiger partial charge >= 0.3 is 5.69 Å². The van der Waals surface area contributed by atoms with E-state index in [0.29, 0.717) is 5.69 Å². The predicted molar refractivity (Wildman–Crippen MR) is 72.2 cm³/mol. The second-order valence-electron chi connectivity index (χ2n) is 4.25. The first-order valence-corrected chi connectivity index (χ1v) is 5.79. The molecule has 2 aromatic carbocycles. The largest absolute Gasteiger partial charge is 0.322 e. The molecule has 0 bridgehead atoms. The number of carbonyl (C=O) groups is 1. The van der Waals surface area contributed by atoms with Gasteiger partial charge in [-0.15, -0.1) is 0 Å². The van der Waals surface area contributed by atoms with E-state index >= 15 is 0 Å². The number of hydrogen-bond donors (Lipinski definition) is 1. The Kier molecular flexibility index (Phi) is 3.74. The van der Waals surface area contributed by atoms with E-state index < -0.39 is 22.3 Å². The smallest absolute Gasteiger partial charge is 0.304 e. The van der Waals surface area contributed by atoms with E-state index in [1.165, 1.54) is 6.07 Å². The van der Waals surface area contributed by atoms with E-state index in [0.717, 1.165) is 17.7 Å². The van der Waals surface area contributed by atoms with E-state index in [1.807, 2.05) is 13.0 Å². The number of anilines is 1. The van der Waals surface area contributed by atoms with Crippen molar-refractivity contribution in [2.24, 2.45) is 0 Å². The number of nitro groups is 1. The summed E-state index contributed by atoms with van der Waals surface area (Å²) in [7, 11) is 0. The van der Waals surface area contributed by atoms with Crippen molar-refractivity contribution in [3.63, 3.8) is 0 Å². The lowest BCUT2D eigenvalue weighted by atomic mass is 10.1. The Bertz CT molecular complexity index is 686. The molecule has 20 heavy (non-hydrogen) atoms. The summed E-state index contributed by atoms with van der Waals surface area (Å²) in [4.78, 5) is 21.6. The Morgan fingerprint density at radius 1 is 1.25 bits per heavy atom. The standard InChI is InChI=1S/C14H11FN2O3/c1-9-3-2-4-11(7-9)16-14(18)10-5-6-13(17(19)20)12(15)8-10/h2-8H,1H3,(H,16,18). The minimum absolute atomic E-state index is 0.0228. The van der Waals surface area contributed by atoms with E-state index in [9.17, 15) is 19.3 Å². The fourth-order valence-corrected chi connectivity index (χ4v) is 1.72. The fourth-order valence-electron chi connectivity index (χ4n) is 1.72. The average molecular weight is 274 g/mol. The van der Waals surface area contributed by atoms with Crippen LogP contribution in [0.15, 0.2) is 42.5 Å². The van der Waals surface area contributed by atoms with Crippen molar-refractivity contribution in [1.82, 2.24) is 0 Å². The number of benzene rings is 2. The maximum atomic E-state index is 13.4. The van der Waals surface area contributed by atoms with Gasteiger partial charge in [0.25, 0.3) is 5.91 Å². The zero-order chi connectivity index (χ0) is 14.7. The lowest BCUT2D eigenvalue weighted by molar-refractivity contribution is -0.387. The van der Waals surface area contributed by atoms with Crippen LogP contribution in [-0.2, 0) is 0 Å². The van der Waals surface area contributed by atoms with Gasteiger partial charge in [-0.05, 0) is 36.8 Å². The minimum atomic E-state index is -1.04. The number of rotatable bonds is 3. The maximum Gasteiger partial charge on any atom is 0.304 e. The van der Waals surface area contributed by atoms with Crippen molar-refractivity contribution in [3.8, 4) is 0 Å². The second kappa shape index (κ2) is 5.48. The fraction of sp³-hybridized carbons (Fsp3) is 0.0714. The third-order valence-electron chi connectivity index (χ3n) is 2.68. The molecule has 0 unspecified atom stereocenters. The van der Waals surface area contributed by atoms with Gasteiger partial charge in [-0.1, -0.05) is 12.1 Å². The van der Waals surface area contributed by atoms with Crippen LogP contribution in [0.25, 0.3) is 0 Å². The Balaban J connectivity index is 2.22. The van der Waals surface area contributed by atoms with Crippen molar-refractivity contribution in [3.05, 3.63) is 69.5 Å². The van der Waals surface area contributed by atoms with Gasteiger partial charge in [0.05, 0.1) is 4.92 Å². The van der Waals surface area contributed by atoms with Crippen LogP contribution >= 0.6 is 0 Å². The first-order valence-electron chi connectivity index (χ1n) is 5.79. The molecule has 0 atom stereocenters. The van der Waals surface area contributed by atoms with Gasteiger partial charge in [-0.3, -0.25) is 14.9 Å². The topological polar surface area (TPSA) is 72.2 Å². The summed E-state index contributed by atoms with van der Waals surface area (Å²) in [5.74, 6) is -1.56. The third kappa shape index (κ3) is 2.97. The third-order valence-corrected chi connectivity index (χ3v) is 2.68. The van der Waals surface area contributed by atoms with Crippen LogP contribution in [0.2, 0.25) is 0 Å². The summed E-state index contributed by atoms with van der Waals surface area (Å²) < 4.78 is 13.4. The molecule has 0 heterocycles. The molecule has 0 aliphatic heterocycles. The Labute approximate surface area is 114 Å². The highest BCUT2D eigenvalue weighted by Crippen LogP contribution is 2.19. The highest BCUT2D eigenvalue weighted by molar-refractivity contribution is 6.04. The van der Waals surface area contributed by atoms with E-state index in [4.69, 9.17) is 0 Å². The van der Waals surface area contributed by atoms with Gasteiger partial charge < -0.3 is 5.32 Å². The summed E-state index contributed by atoms with van der Waals surface area (Å²) >= 11 is 0. The lowest BCUT2D eigenvalue weighted by Crippen LogP contribution is -2.12. The van der Waals surface area contributed by atoms with Crippen LogP contribution in [-0.4, -0.2) is 10.8 Å². The maximum absolute atomic E-state index is 13.4. The van der Waals surface area contributed by atoms with Crippen LogP contribution in [0.1, 0.15) is 15.9 Å². The van der Waals surface area contributed by atoms with E-state index in [2.05, 4.69) is 5.32 Å². The van der Waals surface area contributed by atoms with Gasteiger partial charge in [0.2, 0.25) is 5.82 Å². The molecule has 0 aromatic heterocycles. The average Bonchev–Trinajstić information content (AvgIpc) is 2.38. The molecule has 2 rings (SSSR count). The summed E-state index contributed by atoms with van der Waals surface area (Å²) in [5, 5.41) is 13.1. The molecule has 5 nitrogen and oxygen atoms in total. The number of nitro benzene ring substituents is 1. The van der Waals surface area contributed by atoms with Gasteiger partial charge in [0.15, 0.2) is 0 Å². The van der Waals surface area contributed by atoms with E-state index in [-0.39, 0.29) is 5.56 Å². The van der Waals surface area contributed by atoms with Crippen LogP contribution < -0.4 is 5.32 Å². The lowest BCUT2D eigenvalue weighted by Gasteiger charge is -2.06. The zero-order valence-corrected chi connectivity index (χ0v) is 10.6. The predicted octanol–water partition coefficient (Wildman–Crippen LogP) is 3.29. The highest BCUT2D eigenvalue weighted by Gasteiger charge is 2.16. The Morgan fingerprint density at radius 2 is 2.00 bits per heavy atom. The molecule has 0 saturated heterocycles. The second-order valence-corrected chi connectivity index (χ2v) is 4.25. The Morgan fingerprint density at radius 3 is 2.60 bits per heavy atom. The molecule has 0 aliphatic carbocycles. The number of nitrogens with one attached hydrogen (secondary N) is 1. The van der Waals surface area contributed by atoms with Crippen LogP contribution in [0, 0.1) is 22.9 Å². The molecule has 2 aromatic rings. The molecule has 1 N–H and O–H groups in total. The molecule has 102 valence electrons. The first-order chi connectivity index (χ1) is 9.47. The van der Waals surface area contributed by atoms with Crippen molar-refractivity contribution >= 4 is 17.3 Å². The molecule has 6 heteroatoms. The molecule has 0 spiro atoms. The summed E-state index contributed by atoms with van der Waals surface area (Å²) in [6.07, 6.45) is 0. The molecular weight excluding hydrogens is 263 g/mol. The van der Waals surface area contributed by atoms with Crippen LogP contribution in [0.3, 0.4) is 0 Å². The molecule has 0 aliphatic rings. The van der Waals surface area contributed by atoms with Crippen LogP contribution in [0.5, 0.6) is 0 Å². The minimum Gasteiger partial charge on any atom is -0.322 e. The van der Waals surface area contributed by atoms with Crippen molar-refractivity contribution in [2.45, 2.75) is 6.92 Å². The Hall–Kier alpha value is -2.76. The van der Waals surface area contributed by atoms with Crippen LogP contribution in [0.4, 0.5) is 15.8 Å². The monoisotopic (exact) mass is 274 g/mol. The zero-order valence-electron chi connectivity index (χ0n) is 10.6. The van der Waals surface area contributed by atoms with Crippen molar-refractivity contribution in [2.75, 3.05) is 5.32 Å². The van der Waals surface area contributed by atoms with Gasteiger partial charge in [-0.2, -0.15) is 4.39 Å². The van der Waals surface area contributed by atoms with Gasteiger partial charge in [0, 0.05) is 17.3 Å². The summed E-state index contributed by atoms with van der Waals surface area (Å²) in [6.45, 7) is 1.88. The summed E-state index contributed by atoms with van der Waals surface area (Å²) in [6, 6.07) is 10.2. The molecule has 1 amide bonds. The molecule has 0 radical (unpaired) electrons. The SMILES string of the molecule is Cc1cccc(NC(=O)c2ccc([N+](=O)[O-])c(F)c2)c1. The normalized spacial score (nSPS) is 10.1. The number of halogens is 1. The number of amides is 1. The number of carbonyl (C=O) groups excluding carboxylic acids is 1. The van der Waals surface area contributed by atoms with Gasteiger partial charge in [0.1, 0.15) is 0 Å². The highest BCUT2D eigenvalue weighted by atomic mass is 19.1. The van der Waals surface area contributed by atoms with E-state index in [1.54, 1.807) is 18.2 Å². The number of nitrogens with zero attached hydrogens (tertiary/aromatic N) is 1. The van der Waals surface area contributed by atoms with Crippen molar-refractivity contribution in [1.29, 1.82) is 0 Å². The number of hydrogen-bond acceptors (Lipinski definition) is 3. The molecular formula is C14H11FN2O3. The van der Waals surface area contributed by atoms with Gasteiger partial charge in [-0.25, -0.2) is 0 Å². The molecule has 0 saturated carbocycles. The molecule has 0 fully saturated rings. The summed E-state index contributed by atoms with van der Waals surface area (Å²) in [5.41, 5.74) is 0.915. The first kappa shape index (κ1) is 13.7. The quantitative estimate of drug-likeness (QED) is 0.689. The van der Waals surface area contributed by atoms with Crippen molar-refractivity contribution < 1.29 is 14.1 Å².